The summed E-state index contributed by atoms with van der Waals surface area (Å²) in [5, 5.41) is 13.6. The van der Waals surface area contributed by atoms with Gasteiger partial charge in [-0.1, -0.05) is 12.1 Å². The summed E-state index contributed by atoms with van der Waals surface area (Å²) in [5.74, 6) is -2.23. The Bertz CT molecular complexity index is 909. The van der Waals surface area contributed by atoms with Crippen LogP contribution in [0.25, 0.3) is 0 Å². The molecule has 32 heavy (non-hydrogen) atoms. The monoisotopic (exact) mass is 447 g/mol. The van der Waals surface area contributed by atoms with Gasteiger partial charge in [0.15, 0.2) is 5.92 Å². The van der Waals surface area contributed by atoms with Gasteiger partial charge >= 0.3 is 12.1 Å². The molecule has 2 atom stereocenters. The number of non-ortho nitro benzene ring substituents is 1. The second-order valence-corrected chi connectivity index (χ2v) is 7.14. The predicted molar refractivity (Wildman–Crippen MR) is 112 cm³/mol. The van der Waals surface area contributed by atoms with Crippen LogP contribution in [0.5, 0.6) is 0 Å². The number of amides is 2. The lowest BCUT2D eigenvalue weighted by Gasteiger charge is -2.38. The van der Waals surface area contributed by atoms with Gasteiger partial charge in [0.05, 0.1) is 18.1 Å². The first-order valence-corrected chi connectivity index (χ1v) is 10.3. The van der Waals surface area contributed by atoms with Gasteiger partial charge in [-0.15, -0.1) is 0 Å². The number of hydrogen-bond donors (Lipinski definition) is 1. The van der Waals surface area contributed by atoms with Crippen LogP contribution in [0, 0.1) is 16.0 Å². The van der Waals surface area contributed by atoms with Crippen LogP contribution in [0.4, 0.5) is 10.5 Å². The Morgan fingerprint density at radius 2 is 1.75 bits per heavy atom. The summed E-state index contributed by atoms with van der Waals surface area (Å²) in [6, 6.07) is 4.66. The third-order valence-corrected chi connectivity index (χ3v) is 5.19. The largest absolute Gasteiger partial charge is 0.465 e. The molecule has 2 aliphatic rings. The van der Waals surface area contributed by atoms with Crippen molar-refractivity contribution in [3.8, 4) is 0 Å². The van der Waals surface area contributed by atoms with Gasteiger partial charge < -0.3 is 19.3 Å². The van der Waals surface area contributed by atoms with E-state index in [2.05, 4.69) is 10.3 Å². The summed E-state index contributed by atoms with van der Waals surface area (Å²) in [4.78, 5) is 55.7. The van der Waals surface area contributed by atoms with Crippen LogP contribution in [0.15, 0.2) is 29.3 Å². The second kappa shape index (κ2) is 10.1. The van der Waals surface area contributed by atoms with Gasteiger partial charge in [-0.2, -0.15) is 0 Å². The fraction of sp³-hybridized carbons (Fsp3) is 0.500. The van der Waals surface area contributed by atoms with Crippen molar-refractivity contribution < 1.29 is 28.8 Å². The second-order valence-electron chi connectivity index (χ2n) is 7.14. The van der Waals surface area contributed by atoms with Gasteiger partial charge in [-0.3, -0.25) is 25.0 Å². The molecule has 3 rings (SSSR count). The summed E-state index contributed by atoms with van der Waals surface area (Å²) in [7, 11) is 0. The summed E-state index contributed by atoms with van der Waals surface area (Å²) in [6.07, 6.45) is -0.395. The molecule has 0 bridgehead atoms. The van der Waals surface area contributed by atoms with E-state index < -0.39 is 34.9 Å². The SMILES string of the molecule is CCOC(=O)[C@@H]1C(=O)NC(N2CCN(C(=O)OCC)CC2)=N[C@@H]1c1ccc([N+](=O)[O-])cc1. The van der Waals surface area contributed by atoms with Crippen LogP contribution in [-0.4, -0.2) is 78.0 Å². The molecule has 1 saturated heterocycles. The number of aliphatic imine (C=N–C) groups is 1. The molecule has 2 aliphatic heterocycles. The zero-order chi connectivity index (χ0) is 23.3. The van der Waals surface area contributed by atoms with Crippen LogP contribution in [0.2, 0.25) is 0 Å². The first-order chi connectivity index (χ1) is 15.3. The molecule has 0 aromatic heterocycles. The molecular formula is C20H25N5O7. The van der Waals surface area contributed by atoms with E-state index in [0.717, 1.165) is 0 Å². The number of carbonyl (C=O) groups excluding carboxylic acids is 3. The van der Waals surface area contributed by atoms with Gasteiger partial charge in [0.1, 0.15) is 6.04 Å². The van der Waals surface area contributed by atoms with Gasteiger partial charge in [0, 0.05) is 38.3 Å². The maximum atomic E-state index is 12.9. The van der Waals surface area contributed by atoms with Crippen molar-refractivity contribution in [3.63, 3.8) is 0 Å². The summed E-state index contributed by atoms with van der Waals surface area (Å²) in [6.45, 7) is 5.35. The van der Waals surface area contributed by atoms with Gasteiger partial charge in [0.25, 0.3) is 5.69 Å². The highest BCUT2D eigenvalue weighted by Crippen LogP contribution is 2.32. The Hall–Kier alpha value is -3.70. The number of benzene rings is 1. The first-order valence-electron chi connectivity index (χ1n) is 10.3. The Labute approximate surface area is 184 Å². The number of hydrogen-bond acceptors (Lipinski definition) is 9. The zero-order valence-electron chi connectivity index (χ0n) is 17.9. The predicted octanol–water partition coefficient (Wildman–Crippen LogP) is 1.08. The number of ether oxygens (including phenoxy) is 2. The van der Waals surface area contributed by atoms with Crippen molar-refractivity contribution in [2.75, 3.05) is 39.4 Å². The molecule has 1 aromatic carbocycles. The molecule has 1 N–H and O–H groups in total. The molecule has 0 saturated carbocycles. The van der Waals surface area contributed by atoms with Crippen LogP contribution in [0.3, 0.4) is 0 Å². The quantitative estimate of drug-likeness (QED) is 0.306. The van der Waals surface area contributed by atoms with Crippen molar-refractivity contribution in [1.82, 2.24) is 15.1 Å². The van der Waals surface area contributed by atoms with E-state index in [-0.39, 0.29) is 24.9 Å². The first kappa shape index (κ1) is 23.0. The van der Waals surface area contributed by atoms with Gasteiger partial charge in [0.2, 0.25) is 11.9 Å². The van der Waals surface area contributed by atoms with Crippen molar-refractivity contribution in [3.05, 3.63) is 39.9 Å². The van der Waals surface area contributed by atoms with Crippen molar-refractivity contribution in [2.45, 2.75) is 19.9 Å². The average molecular weight is 447 g/mol. The lowest BCUT2D eigenvalue weighted by molar-refractivity contribution is -0.384. The minimum atomic E-state index is -1.22. The Morgan fingerprint density at radius 3 is 2.31 bits per heavy atom. The standard InChI is InChI=1S/C20H25N5O7/c1-3-31-18(27)15-16(13-5-7-14(8-6-13)25(29)30)21-19(22-17(15)26)23-9-11-24(12-10-23)20(28)32-4-2/h5-8,15-16H,3-4,9-12H2,1-2H3,(H,21,22,26)/t15-,16+/m0/s1. The van der Waals surface area contributed by atoms with Gasteiger partial charge in [-0.05, 0) is 19.4 Å². The third-order valence-electron chi connectivity index (χ3n) is 5.19. The minimum absolute atomic E-state index is 0.0992. The Kier molecular flexibility index (Phi) is 7.23. The highest BCUT2D eigenvalue weighted by atomic mass is 16.6. The average Bonchev–Trinajstić information content (AvgIpc) is 2.79. The Balaban J connectivity index is 1.85. The lowest BCUT2D eigenvalue weighted by atomic mass is 9.91. The number of rotatable bonds is 5. The molecule has 0 radical (unpaired) electrons. The van der Waals surface area contributed by atoms with E-state index in [9.17, 15) is 24.5 Å². The number of nitro groups is 1. The van der Waals surface area contributed by atoms with E-state index in [1.807, 2.05) is 4.90 Å². The minimum Gasteiger partial charge on any atom is -0.465 e. The summed E-state index contributed by atoms with van der Waals surface area (Å²) in [5.41, 5.74) is 0.368. The molecule has 0 aliphatic carbocycles. The zero-order valence-corrected chi connectivity index (χ0v) is 17.9. The molecule has 172 valence electrons. The van der Waals surface area contributed by atoms with E-state index in [1.165, 1.54) is 24.3 Å². The fourth-order valence-electron chi connectivity index (χ4n) is 3.57. The Morgan fingerprint density at radius 1 is 1.12 bits per heavy atom. The van der Waals surface area contributed by atoms with Crippen LogP contribution < -0.4 is 5.32 Å². The molecule has 1 aromatic rings. The van der Waals surface area contributed by atoms with Crippen molar-refractivity contribution in [2.24, 2.45) is 10.9 Å². The van der Waals surface area contributed by atoms with Crippen molar-refractivity contribution >= 4 is 29.6 Å². The number of guanidine groups is 1. The van der Waals surface area contributed by atoms with E-state index >= 15 is 0 Å². The molecule has 12 nitrogen and oxygen atoms in total. The fourth-order valence-corrected chi connectivity index (χ4v) is 3.57. The van der Waals surface area contributed by atoms with Crippen LogP contribution in [-0.2, 0) is 19.1 Å². The van der Waals surface area contributed by atoms with E-state index in [1.54, 1.807) is 18.7 Å². The summed E-state index contributed by atoms with van der Waals surface area (Å²) >= 11 is 0. The van der Waals surface area contributed by atoms with Crippen LogP contribution >= 0.6 is 0 Å². The molecule has 1 fully saturated rings. The van der Waals surface area contributed by atoms with Gasteiger partial charge in [-0.25, -0.2) is 9.79 Å². The summed E-state index contributed by atoms with van der Waals surface area (Å²) < 4.78 is 10.1. The maximum absolute atomic E-state index is 12.9. The smallest absolute Gasteiger partial charge is 0.409 e. The topological polar surface area (TPSA) is 144 Å². The maximum Gasteiger partial charge on any atom is 0.409 e. The number of nitro benzene ring substituents is 1. The molecular weight excluding hydrogens is 422 g/mol. The molecule has 2 amide bonds. The number of piperazine rings is 1. The third kappa shape index (κ3) is 4.95. The highest BCUT2D eigenvalue weighted by molar-refractivity contribution is 6.08. The number of esters is 1. The lowest BCUT2D eigenvalue weighted by Crippen LogP contribution is -2.58. The normalized spacial score (nSPS) is 20.8. The molecule has 12 heteroatoms. The van der Waals surface area contributed by atoms with Crippen molar-refractivity contribution in [1.29, 1.82) is 0 Å². The van der Waals surface area contributed by atoms with E-state index in [0.29, 0.717) is 31.7 Å². The van der Waals surface area contributed by atoms with E-state index in [4.69, 9.17) is 9.47 Å². The molecule has 2 heterocycles. The number of nitrogens with one attached hydrogen (secondary N) is 1. The van der Waals surface area contributed by atoms with Crippen LogP contribution in [0.1, 0.15) is 25.5 Å². The number of nitrogens with zero attached hydrogens (tertiary/aromatic N) is 4. The molecule has 0 spiro atoms. The highest BCUT2D eigenvalue weighted by Gasteiger charge is 2.42. The molecule has 0 unspecified atom stereocenters. The number of carbonyl (C=O) groups is 3.